The maximum absolute atomic E-state index is 9.45. The maximum atomic E-state index is 9.45. The Morgan fingerprint density at radius 2 is 1.80 bits per heavy atom. The number of nitrogens with zero attached hydrogens (tertiary/aromatic N) is 2. The molecule has 0 aliphatic rings. The lowest BCUT2D eigenvalue weighted by molar-refractivity contribution is 0.415. The SMILES string of the molecule is N#Cc1c(-c2ccccc2Cl)noc1/C=C/Nc1cc(Cl)cc(Cl)c1. The molecule has 25 heavy (non-hydrogen) atoms. The van der Waals surface area contributed by atoms with Crippen molar-refractivity contribution < 1.29 is 4.52 Å². The fraction of sp³-hybridized carbons (Fsp3) is 0. The van der Waals surface area contributed by atoms with E-state index in [2.05, 4.69) is 16.5 Å². The minimum absolute atomic E-state index is 0.301. The van der Waals surface area contributed by atoms with Crippen LogP contribution in [0.5, 0.6) is 0 Å². The maximum Gasteiger partial charge on any atom is 0.179 e. The number of anilines is 1. The molecule has 2 aromatic carbocycles. The molecule has 0 bridgehead atoms. The van der Waals surface area contributed by atoms with Crippen molar-refractivity contribution in [1.29, 1.82) is 5.26 Å². The standard InChI is InChI=1S/C18H10Cl3N3O/c19-11-7-12(20)9-13(8-11)23-6-5-17-15(10-22)18(24-25-17)14-3-1-2-4-16(14)21/h1-9,23H/b6-5+. The molecule has 0 saturated carbocycles. The summed E-state index contributed by atoms with van der Waals surface area (Å²) in [5, 5.41) is 18.0. The third-order valence-electron chi connectivity index (χ3n) is 3.31. The fourth-order valence-corrected chi connectivity index (χ4v) is 2.96. The molecule has 124 valence electrons. The van der Waals surface area contributed by atoms with E-state index in [4.69, 9.17) is 39.3 Å². The van der Waals surface area contributed by atoms with Crippen LogP contribution in [0, 0.1) is 11.3 Å². The molecular formula is C18H10Cl3N3O. The lowest BCUT2D eigenvalue weighted by Gasteiger charge is -2.02. The Labute approximate surface area is 159 Å². The van der Waals surface area contributed by atoms with E-state index in [1.165, 1.54) is 0 Å². The number of hydrogen-bond acceptors (Lipinski definition) is 4. The number of benzene rings is 2. The van der Waals surface area contributed by atoms with E-state index in [9.17, 15) is 5.26 Å². The van der Waals surface area contributed by atoms with Gasteiger partial charge < -0.3 is 9.84 Å². The lowest BCUT2D eigenvalue weighted by atomic mass is 10.1. The summed E-state index contributed by atoms with van der Waals surface area (Å²) in [5.41, 5.74) is 2.05. The molecule has 0 fully saturated rings. The number of nitriles is 1. The molecule has 0 atom stereocenters. The van der Waals surface area contributed by atoms with Gasteiger partial charge in [0.2, 0.25) is 0 Å². The van der Waals surface area contributed by atoms with Crippen LogP contribution < -0.4 is 5.32 Å². The zero-order valence-corrected chi connectivity index (χ0v) is 14.9. The molecule has 0 saturated heterocycles. The second kappa shape index (κ2) is 7.62. The zero-order chi connectivity index (χ0) is 17.8. The van der Waals surface area contributed by atoms with Gasteiger partial charge >= 0.3 is 0 Å². The van der Waals surface area contributed by atoms with Crippen LogP contribution in [0.2, 0.25) is 15.1 Å². The van der Waals surface area contributed by atoms with Gasteiger partial charge in [-0.1, -0.05) is 58.2 Å². The van der Waals surface area contributed by atoms with E-state index in [0.717, 1.165) is 0 Å². The summed E-state index contributed by atoms with van der Waals surface area (Å²) in [4.78, 5) is 0. The van der Waals surface area contributed by atoms with E-state index in [0.29, 0.717) is 43.3 Å². The van der Waals surface area contributed by atoms with Crippen LogP contribution in [0.1, 0.15) is 11.3 Å². The number of halogens is 3. The Kier molecular flexibility index (Phi) is 5.30. The molecule has 1 aromatic heterocycles. The molecule has 3 rings (SSSR count). The topological polar surface area (TPSA) is 61.9 Å². The van der Waals surface area contributed by atoms with E-state index in [1.807, 2.05) is 6.07 Å². The average molecular weight is 391 g/mol. The Balaban J connectivity index is 1.86. The highest BCUT2D eigenvalue weighted by Crippen LogP contribution is 2.31. The molecular weight excluding hydrogens is 381 g/mol. The van der Waals surface area contributed by atoms with Gasteiger partial charge in [0.05, 0.1) is 5.02 Å². The molecule has 0 spiro atoms. The van der Waals surface area contributed by atoms with Gasteiger partial charge in [0.25, 0.3) is 0 Å². The van der Waals surface area contributed by atoms with Crippen LogP contribution in [0.3, 0.4) is 0 Å². The Morgan fingerprint density at radius 1 is 1.08 bits per heavy atom. The third kappa shape index (κ3) is 3.97. The average Bonchev–Trinajstić information content (AvgIpc) is 2.97. The molecule has 0 aliphatic carbocycles. The van der Waals surface area contributed by atoms with E-state index in [-0.39, 0.29) is 0 Å². The van der Waals surface area contributed by atoms with Gasteiger partial charge in [-0.2, -0.15) is 5.26 Å². The van der Waals surface area contributed by atoms with E-state index in [1.54, 1.807) is 48.7 Å². The van der Waals surface area contributed by atoms with Crippen molar-refractivity contribution in [2.24, 2.45) is 0 Å². The van der Waals surface area contributed by atoms with Crippen LogP contribution >= 0.6 is 34.8 Å². The van der Waals surface area contributed by atoms with Crippen LogP contribution in [0.15, 0.2) is 53.2 Å². The molecule has 3 aromatic rings. The van der Waals surface area contributed by atoms with E-state index >= 15 is 0 Å². The predicted octanol–water partition coefficient (Wildman–Crippen LogP) is 6.26. The van der Waals surface area contributed by atoms with Gasteiger partial charge in [0.15, 0.2) is 5.76 Å². The molecule has 1 heterocycles. The van der Waals surface area contributed by atoms with Crippen molar-refractivity contribution in [2.75, 3.05) is 5.32 Å². The highest BCUT2D eigenvalue weighted by Gasteiger charge is 2.17. The zero-order valence-electron chi connectivity index (χ0n) is 12.6. The predicted molar refractivity (Wildman–Crippen MR) is 101 cm³/mol. The Hall–Kier alpha value is -2.45. The molecule has 4 nitrogen and oxygen atoms in total. The van der Waals surface area contributed by atoms with Crippen LogP contribution in [-0.2, 0) is 0 Å². The summed E-state index contributed by atoms with van der Waals surface area (Å²) in [6, 6.07) is 14.3. The number of aromatic nitrogens is 1. The molecule has 0 aliphatic heterocycles. The van der Waals surface area contributed by atoms with Crippen molar-refractivity contribution in [3.63, 3.8) is 0 Å². The van der Waals surface area contributed by atoms with Crippen LogP contribution in [0.4, 0.5) is 5.69 Å². The van der Waals surface area contributed by atoms with Crippen LogP contribution in [-0.4, -0.2) is 5.16 Å². The first-order chi connectivity index (χ1) is 12.1. The van der Waals surface area contributed by atoms with Crippen molar-refractivity contribution in [2.45, 2.75) is 0 Å². The van der Waals surface area contributed by atoms with Crippen molar-refractivity contribution in [3.05, 3.63) is 75.1 Å². The van der Waals surface area contributed by atoms with Crippen molar-refractivity contribution in [1.82, 2.24) is 5.16 Å². The summed E-state index contributed by atoms with van der Waals surface area (Å²) in [5.74, 6) is 0.318. The van der Waals surface area contributed by atoms with Crippen molar-refractivity contribution >= 4 is 46.6 Å². The highest BCUT2D eigenvalue weighted by molar-refractivity contribution is 6.35. The molecule has 0 radical (unpaired) electrons. The number of nitrogens with one attached hydrogen (secondary N) is 1. The molecule has 0 amide bonds. The quantitative estimate of drug-likeness (QED) is 0.571. The Bertz CT molecular complexity index is 969. The van der Waals surface area contributed by atoms with Gasteiger partial charge in [-0.3, -0.25) is 0 Å². The summed E-state index contributed by atoms with van der Waals surface area (Å²) in [6.45, 7) is 0. The summed E-state index contributed by atoms with van der Waals surface area (Å²) >= 11 is 18.1. The first-order valence-corrected chi connectivity index (χ1v) is 8.25. The lowest BCUT2D eigenvalue weighted by Crippen LogP contribution is -1.88. The summed E-state index contributed by atoms with van der Waals surface area (Å²) in [6.07, 6.45) is 3.21. The first kappa shape index (κ1) is 17.4. The second-order valence-corrected chi connectivity index (χ2v) is 6.28. The fourth-order valence-electron chi connectivity index (χ4n) is 2.21. The largest absolute Gasteiger partial charge is 0.361 e. The molecule has 0 unspecified atom stereocenters. The normalized spacial score (nSPS) is 10.8. The minimum atomic E-state index is 0.301. The Morgan fingerprint density at radius 3 is 2.48 bits per heavy atom. The number of rotatable bonds is 4. The van der Waals surface area contributed by atoms with Gasteiger partial charge in [0, 0.05) is 33.6 Å². The van der Waals surface area contributed by atoms with Crippen LogP contribution in [0.25, 0.3) is 17.3 Å². The third-order valence-corrected chi connectivity index (χ3v) is 4.07. The monoisotopic (exact) mass is 389 g/mol. The van der Waals surface area contributed by atoms with Gasteiger partial charge in [-0.15, -0.1) is 0 Å². The first-order valence-electron chi connectivity index (χ1n) is 7.12. The van der Waals surface area contributed by atoms with Gasteiger partial charge in [-0.05, 0) is 24.3 Å². The van der Waals surface area contributed by atoms with Gasteiger partial charge in [0.1, 0.15) is 17.3 Å². The summed E-state index contributed by atoms with van der Waals surface area (Å²) < 4.78 is 5.27. The second-order valence-electron chi connectivity index (χ2n) is 5.00. The smallest absolute Gasteiger partial charge is 0.179 e. The van der Waals surface area contributed by atoms with E-state index < -0.39 is 0 Å². The molecule has 7 heteroatoms. The highest BCUT2D eigenvalue weighted by atomic mass is 35.5. The summed E-state index contributed by atoms with van der Waals surface area (Å²) in [7, 11) is 0. The number of hydrogen-bond donors (Lipinski definition) is 1. The molecule has 1 N–H and O–H groups in total. The van der Waals surface area contributed by atoms with Gasteiger partial charge in [-0.25, -0.2) is 0 Å². The minimum Gasteiger partial charge on any atom is -0.361 e. The van der Waals surface area contributed by atoms with Crippen molar-refractivity contribution in [3.8, 4) is 17.3 Å².